The van der Waals surface area contributed by atoms with Gasteiger partial charge in [0.05, 0.1) is 0 Å². The first kappa shape index (κ1) is 20.5. The highest BCUT2D eigenvalue weighted by Crippen LogP contribution is 2.26. The Morgan fingerprint density at radius 2 is 2.00 bits per heavy atom. The number of carbonyl (C=O) groups excluding carboxylic acids is 1. The molecule has 9 heteroatoms. The Kier molecular flexibility index (Phi) is 7.31. The molecule has 1 fully saturated rings. The number of methoxy groups -OCH3 is 1. The van der Waals surface area contributed by atoms with Gasteiger partial charge in [-0.05, 0) is 38.1 Å². The lowest BCUT2D eigenvalue weighted by molar-refractivity contribution is -0.153. The van der Waals surface area contributed by atoms with Crippen LogP contribution in [0.4, 0.5) is 18.9 Å². The largest absolute Gasteiger partial charge is 0.484 e. The first-order valence-electron chi connectivity index (χ1n) is 7.22. The number of anilines is 1. The lowest BCUT2D eigenvalue weighted by Crippen LogP contribution is -2.51. The molecule has 0 unspecified atom stereocenters. The fourth-order valence-electron chi connectivity index (χ4n) is 2.43. The van der Waals surface area contributed by atoms with E-state index >= 15 is 0 Å². The zero-order chi connectivity index (χ0) is 16.9. The standard InChI is InChI=1S/C15H19F3N2O3.ClH/c1-22-14(5-7-19-8-6-14)13(21)20-11-3-2-4-12(9-11)23-10-15(16,17)18;/h2-4,9,19H,5-8,10H2,1H3,(H,20,21);1H. The van der Waals surface area contributed by atoms with Gasteiger partial charge in [-0.25, -0.2) is 0 Å². The topological polar surface area (TPSA) is 59.6 Å². The monoisotopic (exact) mass is 368 g/mol. The smallest absolute Gasteiger partial charge is 0.422 e. The molecule has 1 heterocycles. The van der Waals surface area contributed by atoms with E-state index in [9.17, 15) is 18.0 Å². The number of ether oxygens (including phenoxy) is 2. The molecule has 0 saturated carbocycles. The van der Waals surface area contributed by atoms with Gasteiger partial charge in [0.15, 0.2) is 6.61 Å². The minimum Gasteiger partial charge on any atom is -0.484 e. The average Bonchev–Trinajstić information content (AvgIpc) is 2.53. The van der Waals surface area contributed by atoms with Crippen molar-refractivity contribution in [3.05, 3.63) is 24.3 Å². The highest BCUT2D eigenvalue weighted by atomic mass is 35.5. The molecule has 136 valence electrons. The molecule has 1 aliphatic heterocycles. The average molecular weight is 369 g/mol. The molecule has 0 bridgehead atoms. The number of hydrogen-bond acceptors (Lipinski definition) is 4. The van der Waals surface area contributed by atoms with Gasteiger partial charge >= 0.3 is 6.18 Å². The van der Waals surface area contributed by atoms with Gasteiger partial charge in [-0.2, -0.15) is 13.2 Å². The molecule has 0 aromatic heterocycles. The molecule has 1 aliphatic rings. The first-order valence-corrected chi connectivity index (χ1v) is 7.22. The van der Waals surface area contributed by atoms with Crippen LogP contribution in [0.2, 0.25) is 0 Å². The van der Waals surface area contributed by atoms with Crippen LogP contribution in [0.25, 0.3) is 0 Å². The fraction of sp³-hybridized carbons (Fsp3) is 0.533. The molecule has 24 heavy (non-hydrogen) atoms. The minimum atomic E-state index is -4.41. The zero-order valence-electron chi connectivity index (χ0n) is 13.1. The minimum absolute atomic E-state index is 0. The molecule has 0 aliphatic carbocycles. The Labute approximate surface area is 144 Å². The van der Waals surface area contributed by atoms with E-state index in [0.717, 1.165) is 0 Å². The van der Waals surface area contributed by atoms with Crippen LogP contribution in [0.15, 0.2) is 24.3 Å². The summed E-state index contributed by atoms with van der Waals surface area (Å²) in [7, 11) is 1.48. The Hall–Kier alpha value is -1.51. The number of halogens is 4. The second-order valence-electron chi connectivity index (χ2n) is 5.33. The summed E-state index contributed by atoms with van der Waals surface area (Å²) in [6.07, 6.45) is -3.35. The number of amides is 1. The van der Waals surface area contributed by atoms with Crippen LogP contribution in [0, 0.1) is 0 Å². The molecular formula is C15H20ClF3N2O3. The number of benzene rings is 1. The Bertz CT molecular complexity index is 549. The van der Waals surface area contributed by atoms with E-state index in [2.05, 4.69) is 15.4 Å². The maximum atomic E-state index is 12.5. The van der Waals surface area contributed by atoms with Crippen molar-refractivity contribution in [1.82, 2.24) is 5.32 Å². The van der Waals surface area contributed by atoms with E-state index in [1.54, 1.807) is 6.07 Å². The molecule has 0 spiro atoms. The Balaban J connectivity index is 0.00000288. The fourth-order valence-corrected chi connectivity index (χ4v) is 2.43. The van der Waals surface area contributed by atoms with Crippen molar-refractivity contribution in [3.8, 4) is 5.75 Å². The van der Waals surface area contributed by atoms with Gasteiger partial charge in [-0.15, -0.1) is 12.4 Å². The highest BCUT2D eigenvalue weighted by molar-refractivity contribution is 5.97. The van der Waals surface area contributed by atoms with Crippen molar-refractivity contribution < 1.29 is 27.4 Å². The lowest BCUT2D eigenvalue weighted by Gasteiger charge is -2.34. The van der Waals surface area contributed by atoms with E-state index in [1.165, 1.54) is 25.3 Å². The normalized spacial score (nSPS) is 16.8. The van der Waals surface area contributed by atoms with Gasteiger partial charge in [0.2, 0.25) is 0 Å². The summed E-state index contributed by atoms with van der Waals surface area (Å²) in [5.74, 6) is -0.272. The van der Waals surface area contributed by atoms with Crippen LogP contribution in [-0.2, 0) is 9.53 Å². The molecule has 2 rings (SSSR count). The van der Waals surface area contributed by atoms with Crippen LogP contribution in [0.3, 0.4) is 0 Å². The lowest BCUT2D eigenvalue weighted by atomic mass is 9.91. The molecular weight excluding hydrogens is 349 g/mol. The molecule has 1 aromatic carbocycles. The Morgan fingerprint density at radius 3 is 2.58 bits per heavy atom. The molecule has 5 nitrogen and oxygen atoms in total. The van der Waals surface area contributed by atoms with Crippen molar-refractivity contribution in [2.75, 3.05) is 32.1 Å². The molecule has 1 saturated heterocycles. The van der Waals surface area contributed by atoms with Crippen LogP contribution in [0.1, 0.15) is 12.8 Å². The third kappa shape index (κ3) is 5.54. The van der Waals surface area contributed by atoms with Crippen LogP contribution < -0.4 is 15.4 Å². The van der Waals surface area contributed by atoms with Gasteiger partial charge in [0, 0.05) is 18.9 Å². The third-order valence-electron chi connectivity index (χ3n) is 3.71. The van der Waals surface area contributed by atoms with E-state index in [1.807, 2.05) is 0 Å². The Morgan fingerprint density at radius 1 is 1.33 bits per heavy atom. The molecule has 0 atom stereocenters. The summed E-state index contributed by atoms with van der Waals surface area (Å²) in [4.78, 5) is 12.5. The maximum absolute atomic E-state index is 12.5. The zero-order valence-corrected chi connectivity index (χ0v) is 13.9. The van der Waals surface area contributed by atoms with Gasteiger partial charge in [-0.1, -0.05) is 6.07 Å². The second kappa shape index (κ2) is 8.55. The second-order valence-corrected chi connectivity index (χ2v) is 5.33. The summed E-state index contributed by atoms with van der Waals surface area (Å²) >= 11 is 0. The van der Waals surface area contributed by atoms with Crippen molar-refractivity contribution >= 4 is 24.0 Å². The van der Waals surface area contributed by atoms with Crippen molar-refractivity contribution in [1.29, 1.82) is 0 Å². The van der Waals surface area contributed by atoms with Gasteiger partial charge in [-0.3, -0.25) is 4.79 Å². The first-order chi connectivity index (χ1) is 10.8. The summed E-state index contributed by atoms with van der Waals surface area (Å²) < 4.78 is 46.6. The highest BCUT2D eigenvalue weighted by Gasteiger charge is 2.39. The molecule has 1 amide bonds. The van der Waals surface area contributed by atoms with E-state index in [-0.39, 0.29) is 24.1 Å². The number of hydrogen-bond donors (Lipinski definition) is 2. The summed E-state index contributed by atoms with van der Waals surface area (Å²) in [6, 6.07) is 5.86. The summed E-state index contributed by atoms with van der Waals surface area (Å²) in [5, 5.41) is 5.83. The predicted molar refractivity (Wildman–Crippen MR) is 85.7 cm³/mol. The number of rotatable bonds is 5. The molecule has 1 aromatic rings. The SMILES string of the molecule is COC1(C(=O)Nc2cccc(OCC(F)(F)F)c2)CCNCC1.Cl. The predicted octanol–water partition coefficient (Wildman–Crippen LogP) is 2.76. The van der Waals surface area contributed by atoms with Crippen LogP contribution in [0.5, 0.6) is 5.75 Å². The third-order valence-corrected chi connectivity index (χ3v) is 3.71. The van der Waals surface area contributed by atoms with E-state index in [0.29, 0.717) is 31.6 Å². The van der Waals surface area contributed by atoms with Gasteiger partial charge < -0.3 is 20.1 Å². The quantitative estimate of drug-likeness (QED) is 0.839. The van der Waals surface area contributed by atoms with Crippen molar-refractivity contribution in [3.63, 3.8) is 0 Å². The number of nitrogens with one attached hydrogen (secondary N) is 2. The number of alkyl halides is 3. The van der Waals surface area contributed by atoms with E-state index < -0.39 is 18.4 Å². The maximum Gasteiger partial charge on any atom is 0.422 e. The van der Waals surface area contributed by atoms with Gasteiger partial charge in [0.1, 0.15) is 11.4 Å². The van der Waals surface area contributed by atoms with Crippen LogP contribution >= 0.6 is 12.4 Å². The number of carbonyl (C=O) groups is 1. The van der Waals surface area contributed by atoms with E-state index in [4.69, 9.17) is 4.74 Å². The molecule has 0 radical (unpaired) electrons. The summed E-state index contributed by atoms with van der Waals surface area (Å²) in [5.41, 5.74) is -0.557. The number of piperidine rings is 1. The van der Waals surface area contributed by atoms with Gasteiger partial charge in [0.25, 0.3) is 5.91 Å². The summed E-state index contributed by atoms with van der Waals surface area (Å²) in [6.45, 7) is -0.0515. The molecule has 2 N–H and O–H groups in total. The van der Waals surface area contributed by atoms with Crippen LogP contribution in [-0.4, -0.2) is 44.5 Å². The van der Waals surface area contributed by atoms with Crippen molar-refractivity contribution in [2.24, 2.45) is 0 Å². The van der Waals surface area contributed by atoms with Crippen molar-refractivity contribution in [2.45, 2.75) is 24.6 Å².